The number of anilines is 3. The molecule has 12 nitrogen and oxygen atoms in total. The van der Waals surface area contributed by atoms with Crippen molar-refractivity contribution in [2.75, 3.05) is 48.0 Å². The number of pyridine rings is 1. The highest BCUT2D eigenvalue weighted by Crippen LogP contribution is 2.32. The van der Waals surface area contributed by atoms with Crippen LogP contribution in [-0.2, 0) is 28.6 Å². The molecule has 0 spiro atoms. The number of nitrogens with one attached hydrogen (secondary N) is 1. The molecule has 256 valence electrons. The van der Waals surface area contributed by atoms with Crippen molar-refractivity contribution in [3.63, 3.8) is 0 Å². The number of hydrogen-bond donors (Lipinski definition) is 1. The number of piperazine rings is 1. The summed E-state index contributed by atoms with van der Waals surface area (Å²) in [5, 5.41) is 6.49. The molecule has 0 bridgehead atoms. The van der Waals surface area contributed by atoms with Crippen LogP contribution in [0.2, 0.25) is 25.7 Å². The molecule has 19 heteroatoms. The van der Waals surface area contributed by atoms with Gasteiger partial charge < -0.3 is 24.6 Å². The number of amides is 1. The summed E-state index contributed by atoms with van der Waals surface area (Å²) >= 11 is 0. The summed E-state index contributed by atoms with van der Waals surface area (Å²) in [5.74, 6) is -0.190. The quantitative estimate of drug-likeness (QED) is 0.165. The minimum absolute atomic E-state index is 0.0188. The average molecular weight is 689 g/mol. The molecule has 3 aromatic rings. The first-order valence-corrected chi connectivity index (χ1v) is 18.2. The van der Waals surface area contributed by atoms with Crippen LogP contribution in [0.3, 0.4) is 0 Å². The number of halogens is 6. The Hall–Kier alpha value is -4.26. The Labute approximate surface area is 266 Å². The lowest BCUT2D eigenvalue weighted by Gasteiger charge is -2.34. The van der Waals surface area contributed by atoms with E-state index in [1.54, 1.807) is 6.92 Å². The molecule has 0 aliphatic carbocycles. The van der Waals surface area contributed by atoms with Gasteiger partial charge in [0.2, 0.25) is 11.9 Å². The van der Waals surface area contributed by atoms with Crippen LogP contribution in [0.25, 0.3) is 0 Å². The normalized spacial score (nSPS) is 15.1. The van der Waals surface area contributed by atoms with Crippen LogP contribution < -0.4 is 25.4 Å². The van der Waals surface area contributed by atoms with E-state index >= 15 is 0 Å². The van der Waals surface area contributed by atoms with E-state index in [1.165, 1.54) is 28.3 Å². The number of aromatic nitrogens is 5. The lowest BCUT2D eigenvalue weighted by Crippen LogP contribution is -2.51. The van der Waals surface area contributed by atoms with Crippen molar-refractivity contribution in [1.82, 2.24) is 24.7 Å². The van der Waals surface area contributed by atoms with Crippen molar-refractivity contribution in [2.45, 2.75) is 57.7 Å². The molecule has 1 aliphatic heterocycles. The first-order valence-electron chi connectivity index (χ1n) is 14.5. The van der Waals surface area contributed by atoms with E-state index < -0.39 is 61.5 Å². The summed E-state index contributed by atoms with van der Waals surface area (Å²) in [6, 6.07) is 1.57. The van der Waals surface area contributed by atoms with E-state index in [9.17, 15) is 35.9 Å². The maximum Gasteiger partial charge on any atom is 0.423 e. The highest BCUT2D eigenvalue weighted by atomic mass is 28.3. The first kappa shape index (κ1) is 35.6. The lowest BCUT2D eigenvalue weighted by molar-refractivity contribution is -0.139. The molecule has 3 aromatic heterocycles. The van der Waals surface area contributed by atoms with Crippen molar-refractivity contribution in [2.24, 2.45) is 0 Å². The Kier molecular flexibility index (Phi) is 10.8. The smallest absolute Gasteiger partial charge is 0.423 e. The molecule has 0 unspecified atom stereocenters. The van der Waals surface area contributed by atoms with Crippen molar-refractivity contribution in [1.29, 1.82) is 0 Å². The second-order valence-electron chi connectivity index (χ2n) is 12.1. The highest BCUT2D eigenvalue weighted by Gasteiger charge is 2.39. The van der Waals surface area contributed by atoms with Crippen LogP contribution in [0.15, 0.2) is 41.8 Å². The average Bonchev–Trinajstić information content (AvgIpc) is 2.98. The Morgan fingerprint density at radius 2 is 1.68 bits per heavy atom. The molecule has 47 heavy (non-hydrogen) atoms. The van der Waals surface area contributed by atoms with Gasteiger partial charge in [-0.3, -0.25) is 14.6 Å². The van der Waals surface area contributed by atoms with Gasteiger partial charge in [0.05, 0.1) is 41.6 Å². The molecule has 0 aromatic carbocycles. The van der Waals surface area contributed by atoms with Gasteiger partial charge in [-0.05, 0) is 13.0 Å². The molecule has 4 rings (SSSR count). The van der Waals surface area contributed by atoms with Gasteiger partial charge in [0.25, 0.3) is 5.56 Å². The van der Waals surface area contributed by atoms with Crippen molar-refractivity contribution in [3.05, 3.63) is 58.5 Å². The van der Waals surface area contributed by atoms with Crippen LogP contribution in [-0.4, -0.2) is 77.6 Å². The van der Waals surface area contributed by atoms with Crippen LogP contribution in [0.5, 0.6) is 5.75 Å². The zero-order valence-corrected chi connectivity index (χ0v) is 27.0. The van der Waals surface area contributed by atoms with Gasteiger partial charge in [0.15, 0.2) is 0 Å². The van der Waals surface area contributed by atoms with Gasteiger partial charge in [-0.2, -0.15) is 31.4 Å². The van der Waals surface area contributed by atoms with Crippen LogP contribution in [0, 0.1) is 0 Å². The molecule has 1 atom stereocenters. The van der Waals surface area contributed by atoms with E-state index in [0.29, 0.717) is 29.4 Å². The number of nitrogens with zero attached hydrogens (tertiary/aromatic N) is 7. The Morgan fingerprint density at radius 1 is 0.979 bits per heavy atom. The van der Waals surface area contributed by atoms with E-state index in [2.05, 4.69) is 45.0 Å². The molecular weight excluding hydrogens is 654 g/mol. The number of carbonyl (C=O) groups excluding carboxylic acids is 1. The standard InChI is InChI=1S/C28H34F6N8O4Si/c1-18(39-22-14-38-42(17-45-7-8-47(2,3)4)25(44)24(22)28(32,33)34)16-46-21-9-20(12-35-13-21)41-6-5-40(15-23(41)43)26-36-10-19(11-37-26)27(29,30)31/h9-14,18,39H,5-8,15-17H2,1-4H3/t18-/m0/s1. The zero-order chi connectivity index (χ0) is 34.6. The second-order valence-corrected chi connectivity index (χ2v) is 17.7. The fourth-order valence-electron chi connectivity index (χ4n) is 4.40. The third-order valence-electron chi connectivity index (χ3n) is 6.92. The molecule has 0 radical (unpaired) electrons. The molecule has 1 aliphatic rings. The number of ether oxygens (including phenoxy) is 2. The summed E-state index contributed by atoms with van der Waals surface area (Å²) in [6.07, 6.45) is -4.54. The van der Waals surface area contributed by atoms with E-state index in [4.69, 9.17) is 9.47 Å². The van der Waals surface area contributed by atoms with Gasteiger partial charge in [0.1, 0.15) is 31.2 Å². The van der Waals surface area contributed by atoms with Gasteiger partial charge in [0, 0.05) is 46.2 Å². The molecular formula is C28H34F6N8O4Si. The SMILES string of the molecule is C[C@@H](COc1cncc(N2CCN(c3ncc(C(F)(F)F)cn3)CC2=O)c1)Nc1cnn(COCC[Si](C)(C)C)c(=O)c1C(F)(F)F. The molecule has 1 amide bonds. The zero-order valence-electron chi connectivity index (χ0n) is 26.0. The van der Waals surface area contributed by atoms with E-state index in [0.717, 1.165) is 12.2 Å². The third-order valence-corrected chi connectivity index (χ3v) is 8.62. The maximum atomic E-state index is 13.9. The Bertz CT molecular complexity index is 1600. The predicted molar refractivity (Wildman–Crippen MR) is 162 cm³/mol. The molecule has 1 saturated heterocycles. The summed E-state index contributed by atoms with van der Waals surface area (Å²) < 4.78 is 92.0. The third kappa shape index (κ3) is 9.63. The molecule has 1 fully saturated rings. The predicted octanol–water partition coefficient (Wildman–Crippen LogP) is 4.51. The van der Waals surface area contributed by atoms with Crippen LogP contribution >= 0.6 is 0 Å². The van der Waals surface area contributed by atoms with Crippen LogP contribution in [0.4, 0.5) is 43.7 Å². The topological polar surface area (TPSA) is 128 Å². The number of alkyl halides is 6. The highest BCUT2D eigenvalue weighted by molar-refractivity contribution is 6.76. The first-order chi connectivity index (χ1) is 21.9. The van der Waals surface area contributed by atoms with E-state index in [1.807, 2.05) is 0 Å². The fourth-order valence-corrected chi connectivity index (χ4v) is 5.16. The van der Waals surface area contributed by atoms with Gasteiger partial charge in [-0.15, -0.1) is 0 Å². The van der Waals surface area contributed by atoms with Crippen LogP contribution in [0.1, 0.15) is 18.1 Å². The van der Waals surface area contributed by atoms with Crippen molar-refractivity contribution < 1.29 is 40.6 Å². The molecule has 0 saturated carbocycles. The number of rotatable bonds is 12. The minimum Gasteiger partial charge on any atom is -0.490 e. The number of carbonyl (C=O) groups is 1. The van der Waals surface area contributed by atoms with Crippen molar-refractivity contribution >= 4 is 31.3 Å². The summed E-state index contributed by atoms with van der Waals surface area (Å²) in [7, 11) is -1.43. The van der Waals surface area contributed by atoms with Gasteiger partial charge in [-0.25, -0.2) is 14.6 Å². The van der Waals surface area contributed by atoms with E-state index in [-0.39, 0.29) is 37.9 Å². The number of hydrogen-bond acceptors (Lipinski definition) is 10. The van der Waals surface area contributed by atoms with Gasteiger partial charge in [-0.1, -0.05) is 19.6 Å². The summed E-state index contributed by atoms with van der Waals surface area (Å²) in [5.41, 5.74) is -3.88. The fraction of sp³-hybridized carbons (Fsp3) is 0.500. The largest absolute Gasteiger partial charge is 0.490 e. The summed E-state index contributed by atoms with van der Waals surface area (Å²) in [6.45, 7) is 7.85. The van der Waals surface area contributed by atoms with Crippen molar-refractivity contribution in [3.8, 4) is 5.75 Å². The molecule has 4 heterocycles. The maximum absolute atomic E-state index is 13.9. The molecule has 1 N–H and O–H groups in total. The Balaban J connectivity index is 1.36. The lowest BCUT2D eigenvalue weighted by atomic mass is 10.2. The second kappa shape index (κ2) is 14.2. The monoisotopic (exact) mass is 688 g/mol. The Morgan fingerprint density at radius 3 is 2.30 bits per heavy atom. The van der Waals surface area contributed by atoms with Gasteiger partial charge >= 0.3 is 12.4 Å². The summed E-state index contributed by atoms with van der Waals surface area (Å²) in [4.78, 5) is 40.0. The minimum atomic E-state index is -4.96.